The molecule has 0 saturated carbocycles. The van der Waals surface area contributed by atoms with E-state index in [9.17, 15) is 13.6 Å². The third-order valence-corrected chi connectivity index (χ3v) is 4.71. The maximum absolute atomic E-state index is 12.4. The highest BCUT2D eigenvalue weighted by atomic mass is 32.1. The van der Waals surface area contributed by atoms with Crippen LogP contribution in [0.1, 0.15) is 10.4 Å². The van der Waals surface area contributed by atoms with Crippen molar-refractivity contribution in [2.45, 2.75) is 6.61 Å². The first-order valence-corrected chi connectivity index (χ1v) is 8.65. The summed E-state index contributed by atoms with van der Waals surface area (Å²) in [4.78, 5) is 20.9. The van der Waals surface area contributed by atoms with Crippen LogP contribution in [0.15, 0.2) is 61.2 Å². The number of nitrogens with one attached hydrogen (secondary N) is 1. The van der Waals surface area contributed by atoms with Crippen molar-refractivity contribution in [1.82, 2.24) is 14.5 Å². The van der Waals surface area contributed by atoms with Crippen molar-refractivity contribution >= 4 is 33.1 Å². The van der Waals surface area contributed by atoms with E-state index >= 15 is 0 Å². The van der Waals surface area contributed by atoms with Gasteiger partial charge in [-0.2, -0.15) is 8.78 Å². The summed E-state index contributed by atoms with van der Waals surface area (Å²) in [6.07, 6.45) is 5.13. The van der Waals surface area contributed by atoms with Crippen LogP contribution in [0, 0.1) is 0 Å². The molecule has 136 valence electrons. The molecule has 0 aliphatic heterocycles. The molecule has 0 bridgehead atoms. The second kappa shape index (κ2) is 7.12. The number of imidazole rings is 1. The van der Waals surface area contributed by atoms with Gasteiger partial charge in [-0.25, -0.2) is 9.97 Å². The molecule has 0 fully saturated rings. The van der Waals surface area contributed by atoms with E-state index in [1.807, 2.05) is 6.07 Å². The van der Waals surface area contributed by atoms with Crippen molar-refractivity contribution in [3.05, 3.63) is 66.7 Å². The Morgan fingerprint density at radius 1 is 1.22 bits per heavy atom. The molecule has 0 atom stereocenters. The van der Waals surface area contributed by atoms with Crippen molar-refractivity contribution in [3.63, 3.8) is 0 Å². The molecule has 9 heteroatoms. The predicted molar refractivity (Wildman–Crippen MR) is 97.8 cm³/mol. The molecule has 2 heterocycles. The molecular weight excluding hydrogens is 374 g/mol. The van der Waals surface area contributed by atoms with E-state index in [0.717, 1.165) is 15.3 Å². The van der Waals surface area contributed by atoms with Gasteiger partial charge in [-0.1, -0.05) is 17.4 Å². The molecule has 0 aliphatic carbocycles. The molecule has 0 aliphatic rings. The molecule has 0 radical (unpaired) electrons. The minimum absolute atomic E-state index is 0.0690. The van der Waals surface area contributed by atoms with Gasteiger partial charge in [0, 0.05) is 23.6 Å². The number of fused-ring (bicyclic) bond motifs is 1. The molecule has 4 aromatic rings. The number of benzene rings is 2. The molecule has 0 spiro atoms. The summed E-state index contributed by atoms with van der Waals surface area (Å²) in [5.74, 6) is -0.492. The van der Waals surface area contributed by atoms with E-state index in [-0.39, 0.29) is 11.3 Å². The normalized spacial score (nSPS) is 11.1. The number of alkyl halides is 2. The quantitative estimate of drug-likeness (QED) is 0.554. The van der Waals surface area contributed by atoms with Gasteiger partial charge < -0.3 is 10.1 Å². The number of carbonyl (C=O) groups excluding carboxylic acids is 1. The van der Waals surface area contributed by atoms with E-state index in [1.54, 1.807) is 35.4 Å². The molecule has 2 aromatic heterocycles. The summed E-state index contributed by atoms with van der Waals surface area (Å²) in [5.41, 5.74) is 1.60. The van der Waals surface area contributed by atoms with Crippen molar-refractivity contribution < 1.29 is 18.3 Å². The third-order valence-electron chi connectivity index (χ3n) is 3.68. The number of amides is 1. The Hall–Kier alpha value is -3.33. The zero-order valence-corrected chi connectivity index (χ0v) is 14.5. The topological polar surface area (TPSA) is 69.0 Å². The number of carbonyl (C=O) groups is 1. The summed E-state index contributed by atoms with van der Waals surface area (Å²) in [6.45, 7) is -2.94. The zero-order chi connectivity index (χ0) is 18.8. The maximum atomic E-state index is 12.4. The number of hydrogen-bond acceptors (Lipinski definition) is 5. The van der Waals surface area contributed by atoms with E-state index < -0.39 is 12.5 Å². The van der Waals surface area contributed by atoms with E-state index in [4.69, 9.17) is 0 Å². The van der Waals surface area contributed by atoms with Gasteiger partial charge in [-0.3, -0.25) is 9.36 Å². The molecule has 4 rings (SSSR count). The van der Waals surface area contributed by atoms with Gasteiger partial charge >= 0.3 is 6.61 Å². The number of thiazole rings is 1. The number of ether oxygens (including phenoxy) is 1. The fourth-order valence-corrected chi connectivity index (χ4v) is 3.45. The summed E-state index contributed by atoms with van der Waals surface area (Å²) >= 11 is 1.46. The Kier molecular flexibility index (Phi) is 4.51. The van der Waals surface area contributed by atoms with Crippen molar-refractivity contribution in [2.75, 3.05) is 5.32 Å². The number of rotatable bonds is 5. The summed E-state index contributed by atoms with van der Waals surface area (Å²) in [7, 11) is 0. The zero-order valence-electron chi connectivity index (χ0n) is 13.7. The summed E-state index contributed by atoms with van der Waals surface area (Å²) in [5, 5.41) is 3.52. The summed E-state index contributed by atoms with van der Waals surface area (Å²) < 4.78 is 31.7. The molecule has 1 N–H and O–H groups in total. The smallest absolute Gasteiger partial charge is 0.387 e. The Labute approximate surface area is 156 Å². The Morgan fingerprint density at radius 2 is 2.11 bits per heavy atom. The van der Waals surface area contributed by atoms with E-state index in [2.05, 4.69) is 20.0 Å². The highest BCUT2D eigenvalue weighted by Crippen LogP contribution is 2.27. The van der Waals surface area contributed by atoms with Crippen molar-refractivity contribution in [2.24, 2.45) is 0 Å². The fourth-order valence-electron chi connectivity index (χ4n) is 2.49. The van der Waals surface area contributed by atoms with Crippen LogP contribution in [-0.2, 0) is 0 Å². The number of hydrogen-bond donors (Lipinski definition) is 1. The van der Waals surface area contributed by atoms with Crippen LogP contribution in [0.5, 0.6) is 5.75 Å². The average molecular weight is 386 g/mol. The number of halogens is 2. The molecule has 27 heavy (non-hydrogen) atoms. The van der Waals surface area contributed by atoms with Gasteiger partial charge in [0.25, 0.3) is 5.91 Å². The average Bonchev–Trinajstić information content (AvgIpc) is 3.30. The second-order valence-electron chi connectivity index (χ2n) is 5.51. The van der Waals surface area contributed by atoms with E-state index in [1.165, 1.54) is 35.6 Å². The molecular formula is C18H12F2N4O2S. The van der Waals surface area contributed by atoms with Crippen LogP contribution < -0.4 is 10.1 Å². The molecule has 2 aromatic carbocycles. The monoisotopic (exact) mass is 386 g/mol. The lowest BCUT2D eigenvalue weighted by Crippen LogP contribution is -2.12. The summed E-state index contributed by atoms with van der Waals surface area (Å²) in [6, 6.07) is 11.0. The van der Waals surface area contributed by atoms with Gasteiger partial charge in [0.05, 0.1) is 10.2 Å². The van der Waals surface area contributed by atoms with Crippen LogP contribution in [0.25, 0.3) is 15.3 Å². The highest BCUT2D eigenvalue weighted by molar-refractivity contribution is 7.20. The predicted octanol–water partition coefficient (Wildman–Crippen LogP) is 4.34. The largest absolute Gasteiger partial charge is 0.435 e. The Bertz CT molecular complexity index is 1100. The highest BCUT2D eigenvalue weighted by Gasteiger charge is 2.11. The lowest BCUT2D eigenvalue weighted by molar-refractivity contribution is -0.0498. The third kappa shape index (κ3) is 3.77. The first kappa shape index (κ1) is 17.1. The number of anilines is 1. The van der Waals surface area contributed by atoms with Crippen molar-refractivity contribution in [3.8, 4) is 10.9 Å². The maximum Gasteiger partial charge on any atom is 0.387 e. The lowest BCUT2D eigenvalue weighted by atomic mass is 10.2. The SMILES string of the molecule is O=C(Nc1ccc2nc(-n3ccnc3)sc2c1)c1cccc(OC(F)F)c1. The van der Waals surface area contributed by atoms with Crippen LogP contribution >= 0.6 is 11.3 Å². The van der Waals surface area contributed by atoms with Crippen molar-refractivity contribution in [1.29, 1.82) is 0 Å². The molecule has 0 saturated heterocycles. The van der Waals surface area contributed by atoms with E-state index in [0.29, 0.717) is 5.69 Å². The Morgan fingerprint density at radius 3 is 2.89 bits per heavy atom. The van der Waals surface area contributed by atoms with Gasteiger partial charge in [0.1, 0.15) is 12.1 Å². The minimum Gasteiger partial charge on any atom is -0.435 e. The van der Waals surface area contributed by atoms with Crippen LogP contribution in [0.2, 0.25) is 0 Å². The van der Waals surface area contributed by atoms with Gasteiger partial charge in [0.15, 0.2) is 5.13 Å². The van der Waals surface area contributed by atoms with Gasteiger partial charge in [0.2, 0.25) is 0 Å². The standard InChI is InChI=1S/C18H12F2N4O2S/c19-17(20)26-13-3-1-2-11(8-13)16(25)22-12-4-5-14-15(9-12)27-18(23-14)24-7-6-21-10-24/h1-10,17H,(H,22,25). The number of aromatic nitrogens is 3. The lowest BCUT2D eigenvalue weighted by Gasteiger charge is -2.08. The molecule has 0 unspecified atom stereocenters. The Balaban J connectivity index is 1.55. The second-order valence-corrected chi connectivity index (χ2v) is 6.52. The first-order valence-electron chi connectivity index (χ1n) is 7.83. The van der Waals surface area contributed by atoms with Crippen LogP contribution in [-0.4, -0.2) is 27.1 Å². The van der Waals surface area contributed by atoms with Crippen LogP contribution in [0.4, 0.5) is 14.5 Å². The number of nitrogens with zero attached hydrogens (tertiary/aromatic N) is 3. The fraction of sp³-hybridized carbons (Fsp3) is 0.0556. The first-order chi connectivity index (χ1) is 13.1. The molecule has 6 nitrogen and oxygen atoms in total. The van der Waals surface area contributed by atoms with Gasteiger partial charge in [-0.15, -0.1) is 0 Å². The van der Waals surface area contributed by atoms with Crippen LogP contribution in [0.3, 0.4) is 0 Å². The van der Waals surface area contributed by atoms with Gasteiger partial charge in [-0.05, 0) is 36.4 Å². The molecule has 1 amide bonds. The minimum atomic E-state index is -2.94.